The van der Waals surface area contributed by atoms with Crippen molar-refractivity contribution < 1.29 is 0 Å². The van der Waals surface area contributed by atoms with Gasteiger partial charge in [0.15, 0.2) is 5.82 Å². The van der Waals surface area contributed by atoms with E-state index in [-0.39, 0.29) is 0 Å². The molecule has 3 heterocycles. The van der Waals surface area contributed by atoms with Crippen LogP contribution in [0.5, 0.6) is 0 Å². The number of rotatable bonds is 3. The van der Waals surface area contributed by atoms with Gasteiger partial charge in [0.25, 0.3) is 0 Å². The number of hydrogen-bond donors (Lipinski definition) is 1. The molecule has 0 aliphatic rings. The summed E-state index contributed by atoms with van der Waals surface area (Å²) in [6.07, 6.45) is 8.16. The topological polar surface area (TPSA) is 76.5 Å². The van der Waals surface area contributed by atoms with Gasteiger partial charge in [-0.15, -0.1) is 0 Å². The molecule has 6 nitrogen and oxygen atoms in total. The van der Waals surface area contributed by atoms with Gasteiger partial charge in [-0.3, -0.25) is 9.97 Å². The Morgan fingerprint density at radius 2 is 1.79 bits per heavy atom. The molecule has 0 bridgehead atoms. The Bertz CT molecular complexity index is 656. The van der Waals surface area contributed by atoms with Crippen molar-refractivity contribution in [2.24, 2.45) is 0 Å². The van der Waals surface area contributed by atoms with Crippen LogP contribution >= 0.6 is 0 Å². The summed E-state index contributed by atoms with van der Waals surface area (Å²) in [5.74, 6) is 1.28. The molecule has 19 heavy (non-hydrogen) atoms. The van der Waals surface area contributed by atoms with Crippen molar-refractivity contribution in [2.45, 2.75) is 0 Å². The highest BCUT2D eigenvalue weighted by Crippen LogP contribution is 2.16. The molecule has 1 N–H and O–H groups in total. The lowest BCUT2D eigenvalue weighted by Crippen LogP contribution is -1.98. The Labute approximate surface area is 109 Å². The molecule has 0 saturated heterocycles. The quantitative estimate of drug-likeness (QED) is 0.766. The van der Waals surface area contributed by atoms with E-state index in [9.17, 15) is 0 Å². The molecule has 3 aromatic heterocycles. The van der Waals surface area contributed by atoms with E-state index in [1.807, 2.05) is 18.2 Å². The number of hydrogen-bond acceptors (Lipinski definition) is 6. The minimum Gasteiger partial charge on any atom is -0.324 e. The van der Waals surface area contributed by atoms with Gasteiger partial charge in [-0.25, -0.2) is 15.0 Å². The fourth-order valence-electron chi connectivity index (χ4n) is 1.56. The van der Waals surface area contributed by atoms with E-state index < -0.39 is 0 Å². The van der Waals surface area contributed by atoms with Crippen LogP contribution in [0.1, 0.15) is 0 Å². The van der Waals surface area contributed by atoms with Crippen LogP contribution in [-0.2, 0) is 0 Å². The first-order valence-corrected chi connectivity index (χ1v) is 5.68. The van der Waals surface area contributed by atoms with E-state index in [0.717, 1.165) is 5.69 Å². The zero-order valence-corrected chi connectivity index (χ0v) is 9.93. The van der Waals surface area contributed by atoms with Crippen LogP contribution in [0, 0.1) is 0 Å². The minimum atomic E-state index is 0.613. The molecule has 3 rings (SSSR count). The Balaban J connectivity index is 1.89. The Morgan fingerprint density at radius 1 is 0.789 bits per heavy atom. The molecule has 6 heteroatoms. The van der Waals surface area contributed by atoms with Crippen molar-refractivity contribution in [1.82, 2.24) is 24.9 Å². The van der Waals surface area contributed by atoms with E-state index in [2.05, 4.69) is 30.2 Å². The lowest BCUT2D eigenvalue weighted by Gasteiger charge is -2.05. The molecule has 0 unspecified atom stereocenters. The van der Waals surface area contributed by atoms with E-state index in [1.165, 1.54) is 6.33 Å². The van der Waals surface area contributed by atoms with E-state index >= 15 is 0 Å². The summed E-state index contributed by atoms with van der Waals surface area (Å²) in [7, 11) is 0. The maximum Gasteiger partial charge on any atom is 0.150 e. The van der Waals surface area contributed by atoms with Crippen LogP contribution in [0.15, 0.2) is 55.4 Å². The third-order valence-corrected chi connectivity index (χ3v) is 2.40. The normalized spacial score (nSPS) is 10.1. The number of nitrogens with zero attached hydrogens (tertiary/aromatic N) is 5. The largest absolute Gasteiger partial charge is 0.324 e. The molecule has 0 radical (unpaired) electrons. The first-order chi connectivity index (χ1) is 9.42. The molecule has 0 aliphatic carbocycles. The van der Waals surface area contributed by atoms with Crippen molar-refractivity contribution >= 4 is 11.6 Å². The maximum absolute atomic E-state index is 4.44. The lowest BCUT2D eigenvalue weighted by molar-refractivity contribution is 1.14. The standard InChI is InChI=1S/C13H10N6/c1-2-5-16-10(3-1)11-7-15-8-13(18-11)19-12-4-6-14-9-17-12/h1-9H,(H,14,17,18,19). The van der Waals surface area contributed by atoms with Crippen LogP contribution in [0.4, 0.5) is 11.6 Å². The number of nitrogens with one attached hydrogen (secondary N) is 1. The summed E-state index contributed by atoms with van der Waals surface area (Å²) in [5, 5.41) is 3.06. The van der Waals surface area contributed by atoms with Crippen molar-refractivity contribution in [2.75, 3.05) is 5.32 Å². The van der Waals surface area contributed by atoms with E-state index in [1.54, 1.807) is 30.9 Å². The Hall–Kier alpha value is -2.89. The molecule has 0 aromatic carbocycles. The van der Waals surface area contributed by atoms with Crippen molar-refractivity contribution in [3.8, 4) is 11.4 Å². The molecule has 0 fully saturated rings. The number of pyridine rings is 1. The first kappa shape index (κ1) is 11.2. The Kier molecular flexibility index (Phi) is 3.05. The van der Waals surface area contributed by atoms with Gasteiger partial charge >= 0.3 is 0 Å². The van der Waals surface area contributed by atoms with Crippen molar-refractivity contribution in [1.29, 1.82) is 0 Å². The second kappa shape index (κ2) is 5.18. The van der Waals surface area contributed by atoms with Crippen LogP contribution < -0.4 is 5.32 Å². The molecule has 0 atom stereocenters. The van der Waals surface area contributed by atoms with E-state index in [0.29, 0.717) is 17.3 Å². The van der Waals surface area contributed by atoms with Crippen LogP contribution in [0.2, 0.25) is 0 Å². The monoisotopic (exact) mass is 250 g/mol. The Morgan fingerprint density at radius 3 is 2.58 bits per heavy atom. The predicted octanol–water partition coefficient (Wildman–Crippen LogP) is 2.07. The summed E-state index contributed by atoms with van der Waals surface area (Å²) >= 11 is 0. The number of aromatic nitrogens is 5. The van der Waals surface area contributed by atoms with Crippen LogP contribution in [-0.4, -0.2) is 24.9 Å². The second-order valence-corrected chi connectivity index (χ2v) is 3.72. The minimum absolute atomic E-state index is 0.613. The van der Waals surface area contributed by atoms with Gasteiger partial charge in [-0.1, -0.05) is 6.07 Å². The number of anilines is 2. The third kappa shape index (κ3) is 2.68. The first-order valence-electron chi connectivity index (χ1n) is 5.68. The van der Waals surface area contributed by atoms with Gasteiger partial charge in [-0.2, -0.15) is 0 Å². The highest BCUT2D eigenvalue weighted by Gasteiger charge is 2.03. The lowest BCUT2D eigenvalue weighted by atomic mass is 10.3. The predicted molar refractivity (Wildman–Crippen MR) is 70.6 cm³/mol. The highest BCUT2D eigenvalue weighted by molar-refractivity contribution is 5.57. The fourth-order valence-corrected chi connectivity index (χ4v) is 1.56. The fraction of sp³-hybridized carbons (Fsp3) is 0. The average molecular weight is 250 g/mol. The van der Waals surface area contributed by atoms with Crippen LogP contribution in [0.3, 0.4) is 0 Å². The second-order valence-electron chi connectivity index (χ2n) is 3.72. The average Bonchev–Trinajstić information content (AvgIpc) is 2.49. The van der Waals surface area contributed by atoms with Gasteiger partial charge in [0, 0.05) is 12.4 Å². The van der Waals surface area contributed by atoms with Crippen molar-refractivity contribution in [3.63, 3.8) is 0 Å². The van der Waals surface area contributed by atoms with Gasteiger partial charge in [0.05, 0.1) is 18.1 Å². The molecule has 0 aliphatic heterocycles. The molecule has 92 valence electrons. The molecule has 3 aromatic rings. The summed E-state index contributed by atoms with van der Waals surface area (Å²) in [5.41, 5.74) is 1.49. The molecule has 0 amide bonds. The van der Waals surface area contributed by atoms with Crippen LogP contribution in [0.25, 0.3) is 11.4 Å². The maximum atomic E-state index is 4.44. The third-order valence-electron chi connectivity index (χ3n) is 2.40. The van der Waals surface area contributed by atoms with Gasteiger partial charge in [0.1, 0.15) is 17.8 Å². The zero-order valence-electron chi connectivity index (χ0n) is 9.93. The molecular formula is C13H10N6. The smallest absolute Gasteiger partial charge is 0.150 e. The van der Waals surface area contributed by atoms with Gasteiger partial charge < -0.3 is 5.32 Å². The molecule has 0 saturated carbocycles. The van der Waals surface area contributed by atoms with Gasteiger partial charge in [-0.05, 0) is 18.2 Å². The highest BCUT2D eigenvalue weighted by atomic mass is 15.1. The molecular weight excluding hydrogens is 240 g/mol. The van der Waals surface area contributed by atoms with E-state index in [4.69, 9.17) is 0 Å². The zero-order chi connectivity index (χ0) is 12.9. The van der Waals surface area contributed by atoms with Gasteiger partial charge in [0.2, 0.25) is 0 Å². The summed E-state index contributed by atoms with van der Waals surface area (Å²) in [6.45, 7) is 0. The molecule has 0 spiro atoms. The van der Waals surface area contributed by atoms with Crippen molar-refractivity contribution in [3.05, 3.63) is 55.4 Å². The summed E-state index contributed by atoms with van der Waals surface area (Å²) in [4.78, 5) is 20.8. The SMILES string of the molecule is c1ccc(-c2cncc(Nc3ccncn3)n2)nc1. The summed E-state index contributed by atoms with van der Waals surface area (Å²) in [6, 6.07) is 7.42. The summed E-state index contributed by atoms with van der Waals surface area (Å²) < 4.78 is 0.